The van der Waals surface area contributed by atoms with Crippen LogP contribution < -0.4 is 15.9 Å². The Morgan fingerprint density at radius 2 is 1.07 bits per heavy atom. The molecule has 1 fully saturated rings. The third-order valence-corrected chi connectivity index (χ3v) is 15.6. The summed E-state index contributed by atoms with van der Waals surface area (Å²) in [6, 6.07) is 32.8. The monoisotopic (exact) mass is 456 g/mol. The average Bonchev–Trinajstić information content (AvgIpc) is 3.29. The van der Waals surface area contributed by atoms with Gasteiger partial charge in [0.05, 0.1) is 0 Å². The van der Waals surface area contributed by atoms with Crippen LogP contribution in [0.15, 0.2) is 91.0 Å². The Hall–Kier alpha value is -1.51. The molecule has 3 aromatic carbocycles. The van der Waals surface area contributed by atoms with Crippen molar-refractivity contribution in [3.05, 3.63) is 91.0 Å². The molecule has 3 aromatic rings. The van der Waals surface area contributed by atoms with Crippen molar-refractivity contribution in [2.24, 2.45) is 0 Å². The van der Waals surface area contributed by atoms with E-state index in [9.17, 15) is 0 Å². The average molecular weight is 457 g/mol. The first-order valence-electron chi connectivity index (χ1n) is 9.85. The van der Waals surface area contributed by atoms with Crippen LogP contribution in [0.4, 0.5) is 0 Å². The van der Waals surface area contributed by atoms with E-state index in [0.29, 0.717) is 13.2 Å². The standard InChI is InChI=1S/C24H26BrO2P/c25-28(21-11-4-1-5-12-21,22-13-6-2-7-14-22,23-15-8-3-9-16-23)20-10-17-24-26-18-19-27-24/h1-9,11-16,24H,10,17-20H2. The van der Waals surface area contributed by atoms with Crippen molar-refractivity contribution >= 4 is 36.7 Å². The van der Waals surface area contributed by atoms with E-state index in [2.05, 4.69) is 106 Å². The van der Waals surface area contributed by atoms with Gasteiger partial charge in [0, 0.05) is 0 Å². The molecular formula is C24H26BrO2P. The summed E-state index contributed by atoms with van der Waals surface area (Å²) in [6.07, 6.45) is 2.89. The summed E-state index contributed by atoms with van der Waals surface area (Å²) >= 11 is 4.48. The molecule has 28 heavy (non-hydrogen) atoms. The molecule has 0 unspecified atom stereocenters. The zero-order valence-electron chi connectivity index (χ0n) is 15.9. The number of halogens is 1. The van der Waals surface area contributed by atoms with Crippen molar-refractivity contribution in [1.29, 1.82) is 0 Å². The first-order chi connectivity index (χ1) is 13.7. The van der Waals surface area contributed by atoms with E-state index in [1.54, 1.807) is 0 Å². The molecule has 0 aliphatic carbocycles. The first-order valence-corrected chi connectivity index (χ1v) is 14.3. The van der Waals surface area contributed by atoms with Gasteiger partial charge in [-0.3, -0.25) is 0 Å². The normalized spacial score (nSPS) is 16.5. The predicted molar refractivity (Wildman–Crippen MR) is 124 cm³/mol. The molecule has 0 N–H and O–H groups in total. The Bertz CT molecular complexity index is 781. The van der Waals surface area contributed by atoms with Gasteiger partial charge in [-0.25, -0.2) is 0 Å². The first kappa shape index (κ1) is 19.8. The zero-order chi connectivity index (χ0) is 19.3. The molecule has 1 aliphatic heterocycles. The van der Waals surface area contributed by atoms with E-state index in [-0.39, 0.29) is 6.29 Å². The number of rotatable bonds is 7. The molecular weight excluding hydrogens is 431 g/mol. The van der Waals surface area contributed by atoms with Crippen molar-refractivity contribution in [2.75, 3.05) is 19.4 Å². The summed E-state index contributed by atoms with van der Waals surface area (Å²) < 4.78 is 11.4. The zero-order valence-corrected chi connectivity index (χ0v) is 18.4. The van der Waals surface area contributed by atoms with E-state index in [1.165, 1.54) is 15.9 Å². The molecule has 2 nitrogen and oxygen atoms in total. The molecule has 1 aliphatic rings. The second-order valence-electron chi connectivity index (χ2n) is 7.23. The Kier molecular flexibility index (Phi) is 5.99. The van der Waals surface area contributed by atoms with Crippen LogP contribution in [-0.2, 0) is 9.47 Å². The summed E-state index contributed by atoms with van der Waals surface area (Å²) in [5.74, 6) is 0. The molecule has 146 valence electrons. The van der Waals surface area contributed by atoms with Gasteiger partial charge in [0.15, 0.2) is 0 Å². The van der Waals surface area contributed by atoms with Crippen molar-refractivity contribution in [3.8, 4) is 0 Å². The van der Waals surface area contributed by atoms with Crippen LogP contribution in [0.1, 0.15) is 12.8 Å². The molecule has 1 heterocycles. The molecule has 0 radical (unpaired) electrons. The SMILES string of the molecule is BrP(CCCC1OCCO1)(c1ccccc1)(c1ccccc1)c1ccccc1. The Morgan fingerprint density at radius 1 is 0.679 bits per heavy atom. The van der Waals surface area contributed by atoms with Gasteiger partial charge in [-0.2, -0.15) is 0 Å². The number of hydrogen-bond acceptors (Lipinski definition) is 2. The summed E-state index contributed by atoms with van der Waals surface area (Å²) in [6.45, 7) is 1.41. The van der Waals surface area contributed by atoms with Crippen LogP contribution in [0, 0.1) is 0 Å². The van der Waals surface area contributed by atoms with Gasteiger partial charge < -0.3 is 0 Å². The molecule has 0 amide bonds. The molecule has 0 bridgehead atoms. The summed E-state index contributed by atoms with van der Waals surface area (Å²) in [5.41, 5.74) is 0. The van der Waals surface area contributed by atoms with Gasteiger partial charge in [0.2, 0.25) is 0 Å². The second kappa shape index (κ2) is 8.47. The predicted octanol–water partition coefficient (Wildman–Crippen LogP) is 4.98. The molecule has 0 aromatic heterocycles. The Balaban J connectivity index is 1.84. The molecule has 4 rings (SSSR count). The van der Waals surface area contributed by atoms with E-state index < -0.39 is 5.31 Å². The Morgan fingerprint density at radius 3 is 1.46 bits per heavy atom. The van der Waals surface area contributed by atoms with Gasteiger partial charge in [-0.1, -0.05) is 0 Å². The minimum atomic E-state index is -2.81. The van der Waals surface area contributed by atoms with E-state index >= 15 is 0 Å². The van der Waals surface area contributed by atoms with Crippen molar-refractivity contribution in [2.45, 2.75) is 19.1 Å². The van der Waals surface area contributed by atoms with Crippen molar-refractivity contribution in [3.63, 3.8) is 0 Å². The van der Waals surface area contributed by atoms with Crippen LogP contribution >= 0.6 is 20.8 Å². The molecule has 0 spiro atoms. The summed E-state index contributed by atoms with van der Waals surface area (Å²) in [4.78, 5) is 0. The number of benzene rings is 3. The van der Waals surface area contributed by atoms with E-state index in [0.717, 1.165) is 19.0 Å². The second-order valence-corrected chi connectivity index (χ2v) is 16.3. The van der Waals surface area contributed by atoms with Crippen LogP contribution in [0.2, 0.25) is 0 Å². The van der Waals surface area contributed by atoms with Gasteiger partial charge in [0.1, 0.15) is 0 Å². The summed E-state index contributed by atoms with van der Waals surface area (Å²) in [5, 5.41) is 1.27. The third-order valence-electron chi connectivity index (χ3n) is 5.59. The van der Waals surface area contributed by atoms with E-state index in [1.807, 2.05) is 0 Å². The van der Waals surface area contributed by atoms with Crippen molar-refractivity contribution in [1.82, 2.24) is 0 Å². The molecule has 0 saturated carbocycles. The fourth-order valence-corrected chi connectivity index (χ4v) is 11.9. The van der Waals surface area contributed by atoms with Crippen LogP contribution in [0.3, 0.4) is 0 Å². The minimum absolute atomic E-state index is 0.0660. The number of hydrogen-bond donors (Lipinski definition) is 0. The topological polar surface area (TPSA) is 18.5 Å². The van der Waals surface area contributed by atoms with E-state index in [4.69, 9.17) is 9.47 Å². The van der Waals surface area contributed by atoms with Crippen LogP contribution in [-0.4, -0.2) is 25.7 Å². The fourth-order valence-electron chi connectivity index (χ4n) is 4.18. The Labute approximate surface area is 175 Å². The fraction of sp³-hybridized carbons (Fsp3) is 0.250. The molecule has 1 saturated heterocycles. The van der Waals surface area contributed by atoms with Crippen molar-refractivity contribution < 1.29 is 9.47 Å². The molecule has 4 heteroatoms. The maximum absolute atomic E-state index is 5.69. The summed E-state index contributed by atoms with van der Waals surface area (Å²) in [7, 11) is 0. The van der Waals surface area contributed by atoms with Crippen LogP contribution in [0.5, 0.6) is 0 Å². The third kappa shape index (κ3) is 3.57. The maximum atomic E-state index is 5.69. The van der Waals surface area contributed by atoms with Gasteiger partial charge >= 0.3 is 176 Å². The van der Waals surface area contributed by atoms with Gasteiger partial charge in [0.25, 0.3) is 0 Å². The van der Waals surface area contributed by atoms with Gasteiger partial charge in [-0.15, -0.1) is 0 Å². The van der Waals surface area contributed by atoms with Gasteiger partial charge in [-0.05, 0) is 0 Å². The number of ether oxygens (including phenoxy) is 2. The van der Waals surface area contributed by atoms with Crippen LogP contribution in [0.25, 0.3) is 0 Å². The molecule has 0 atom stereocenters. The quantitative estimate of drug-likeness (QED) is 0.466.